The maximum atomic E-state index is 13.6. The number of rotatable bonds is 7. The number of aryl methyl sites for hydroxylation is 1. The third kappa shape index (κ3) is 6.68. The summed E-state index contributed by atoms with van der Waals surface area (Å²) < 4.78 is 29.3. The van der Waals surface area contributed by atoms with Crippen molar-refractivity contribution in [1.29, 1.82) is 0 Å². The Hall–Kier alpha value is -3.64. The molecule has 3 rings (SSSR count). The second kappa shape index (κ2) is 11.5. The molecule has 0 saturated carbocycles. The number of hydrogen-bond donors (Lipinski definition) is 3. The molecule has 2 atom stereocenters. The van der Waals surface area contributed by atoms with E-state index < -0.39 is 23.7 Å². The molecule has 2 heterocycles. The number of carbonyl (C=O) groups excluding carboxylic acids is 2. The van der Waals surface area contributed by atoms with Crippen molar-refractivity contribution in [2.24, 2.45) is 5.16 Å². The molecule has 3 N–H and O–H groups in total. The van der Waals surface area contributed by atoms with E-state index in [1.807, 2.05) is 0 Å². The highest BCUT2D eigenvalue weighted by Gasteiger charge is 2.23. The van der Waals surface area contributed by atoms with Crippen LogP contribution in [0.3, 0.4) is 0 Å². The first-order valence-electron chi connectivity index (χ1n) is 10.3. The summed E-state index contributed by atoms with van der Waals surface area (Å²) in [6, 6.07) is 5.49. The minimum atomic E-state index is -0.547. The monoisotopic (exact) mass is 474 g/mol. The fourth-order valence-electron chi connectivity index (χ4n) is 3.12. The van der Waals surface area contributed by atoms with Gasteiger partial charge in [-0.3, -0.25) is 9.59 Å². The highest BCUT2D eigenvalue weighted by Crippen LogP contribution is 2.18. The van der Waals surface area contributed by atoms with Crippen molar-refractivity contribution in [2.75, 3.05) is 20.3 Å². The van der Waals surface area contributed by atoms with Gasteiger partial charge in [-0.15, -0.1) is 0 Å². The first-order chi connectivity index (χ1) is 16.3. The molecule has 11 nitrogen and oxygen atoms in total. The number of ether oxygens (including phenoxy) is 3. The van der Waals surface area contributed by atoms with Gasteiger partial charge >= 0.3 is 0 Å². The first-order valence-corrected chi connectivity index (χ1v) is 10.3. The lowest BCUT2D eigenvalue weighted by molar-refractivity contribution is -0.137. The number of oxime groups is 1. The zero-order valence-corrected chi connectivity index (χ0v) is 18.7. The van der Waals surface area contributed by atoms with Crippen LogP contribution in [0.25, 0.3) is 0 Å². The molecule has 1 aromatic heterocycles. The number of methoxy groups -OCH3 is 1. The van der Waals surface area contributed by atoms with Crippen molar-refractivity contribution in [1.82, 2.24) is 20.6 Å². The standard InChI is InChI=1S/C22H25FN5O6/c1-12-10-34-15(11-33-12)7-20(29)27-21(28-31)17-8-18(26-13(2)25-17)22(30)24-9-14-4-5-16(23)19(6-14)32-3/h4-6,8,12,15,31H,1,7,9-11H2,2-3H3,(H,24,30)(H,27,28,29)/t12-,15-/m0/s1. The topological polar surface area (TPSA) is 144 Å². The van der Waals surface area contributed by atoms with Gasteiger partial charge in [-0.1, -0.05) is 11.2 Å². The number of halogens is 1. The van der Waals surface area contributed by atoms with E-state index in [1.165, 1.54) is 31.4 Å². The van der Waals surface area contributed by atoms with E-state index in [2.05, 4.69) is 32.7 Å². The highest BCUT2D eigenvalue weighted by molar-refractivity contribution is 6.07. The molecule has 181 valence electrons. The van der Waals surface area contributed by atoms with Gasteiger partial charge in [0.2, 0.25) is 5.91 Å². The predicted octanol–water partition coefficient (Wildman–Crippen LogP) is 1.12. The Kier molecular flexibility index (Phi) is 8.44. The number of nitrogens with one attached hydrogen (secondary N) is 2. The molecule has 0 bridgehead atoms. The van der Waals surface area contributed by atoms with Crippen LogP contribution in [0, 0.1) is 19.7 Å². The van der Waals surface area contributed by atoms with Crippen molar-refractivity contribution in [3.63, 3.8) is 0 Å². The second-order valence-corrected chi connectivity index (χ2v) is 7.45. The number of hydrogen-bond acceptors (Lipinski definition) is 9. The van der Waals surface area contributed by atoms with Crippen LogP contribution in [-0.2, 0) is 20.8 Å². The summed E-state index contributed by atoms with van der Waals surface area (Å²) in [5.74, 6) is -1.53. The van der Waals surface area contributed by atoms with Crippen LogP contribution >= 0.6 is 0 Å². The molecule has 0 aliphatic carbocycles. The molecule has 1 radical (unpaired) electrons. The summed E-state index contributed by atoms with van der Waals surface area (Å²) in [5, 5.41) is 17.6. The van der Waals surface area contributed by atoms with Crippen LogP contribution in [0.5, 0.6) is 5.75 Å². The Morgan fingerprint density at radius 2 is 2.03 bits per heavy atom. The van der Waals surface area contributed by atoms with Gasteiger partial charge in [-0.2, -0.15) is 0 Å². The van der Waals surface area contributed by atoms with E-state index in [0.29, 0.717) is 5.56 Å². The normalized spacial score (nSPS) is 18.3. The van der Waals surface area contributed by atoms with Gasteiger partial charge in [0.1, 0.15) is 17.2 Å². The third-order valence-electron chi connectivity index (χ3n) is 4.79. The molecule has 2 aromatic rings. The van der Waals surface area contributed by atoms with Crippen LogP contribution < -0.4 is 15.4 Å². The quantitative estimate of drug-likeness (QED) is 0.234. The molecular weight excluding hydrogens is 449 g/mol. The van der Waals surface area contributed by atoms with E-state index in [1.54, 1.807) is 6.92 Å². The lowest BCUT2D eigenvalue weighted by Gasteiger charge is -2.26. The van der Waals surface area contributed by atoms with Gasteiger partial charge in [0.05, 0.1) is 39.0 Å². The van der Waals surface area contributed by atoms with E-state index >= 15 is 0 Å². The van der Waals surface area contributed by atoms with E-state index in [4.69, 9.17) is 14.2 Å². The molecule has 2 amide bonds. The Labute approximate surface area is 195 Å². The highest BCUT2D eigenvalue weighted by atomic mass is 19.1. The SMILES string of the molecule is [CH2][C@H]1CO[C@@H](CC(=O)N/C(=N\O)c2cc(C(=O)NCc3ccc(F)c(OC)c3)nc(C)n2)CO1. The number of aromatic nitrogens is 2. The minimum Gasteiger partial charge on any atom is -0.494 e. The number of benzene rings is 1. The van der Waals surface area contributed by atoms with E-state index in [0.717, 1.165) is 0 Å². The third-order valence-corrected chi connectivity index (χ3v) is 4.79. The van der Waals surface area contributed by atoms with Gasteiger partial charge in [0.15, 0.2) is 17.4 Å². The first kappa shape index (κ1) is 25.0. The number of carbonyl (C=O) groups is 2. The van der Waals surface area contributed by atoms with Gasteiger partial charge in [0.25, 0.3) is 5.91 Å². The lowest BCUT2D eigenvalue weighted by atomic mass is 10.2. The zero-order valence-electron chi connectivity index (χ0n) is 18.7. The van der Waals surface area contributed by atoms with Gasteiger partial charge in [0, 0.05) is 6.54 Å². The Bertz CT molecular complexity index is 1070. The number of amides is 2. The zero-order chi connectivity index (χ0) is 24.7. The van der Waals surface area contributed by atoms with E-state index in [9.17, 15) is 19.2 Å². The largest absolute Gasteiger partial charge is 0.494 e. The van der Waals surface area contributed by atoms with Crippen LogP contribution in [-0.4, -0.2) is 65.4 Å². The molecule has 1 aliphatic rings. The summed E-state index contributed by atoms with van der Waals surface area (Å²) >= 11 is 0. The molecule has 1 fully saturated rings. The van der Waals surface area contributed by atoms with Gasteiger partial charge in [-0.05, 0) is 37.6 Å². The fourth-order valence-corrected chi connectivity index (χ4v) is 3.12. The van der Waals surface area contributed by atoms with Crippen LogP contribution in [0.4, 0.5) is 4.39 Å². The smallest absolute Gasteiger partial charge is 0.270 e. The molecule has 0 unspecified atom stereocenters. The Morgan fingerprint density at radius 1 is 1.26 bits per heavy atom. The number of nitrogens with zero attached hydrogens (tertiary/aromatic N) is 3. The summed E-state index contributed by atoms with van der Waals surface area (Å²) in [6.45, 7) is 5.83. The molecule has 1 aliphatic heterocycles. The van der Waals surface area contributed by atoms with Crippen molar-refractivity contribution >= 4 is 17.6 Å². The van der Waals surface area contributed by atoms with Crippen molar-refractivity contribution in [2.45, 2.75) is 32.1 Å². The molecule has 12 heteroatoms. The molecular formula is C22H25FN5O6. The Morgan fingerprint density at radius 3 is 2.71 bits per heavy atom. The second-order valence-electron chi connectivity index (χ2n) is 7.45. The van der Waals surface area contributed by atoms with Crippen molar-refractivity contribution in [3.05, 3.63) is 59.8 Å². The summed E-state index contributed by atoms with van der Waals surface area (Å²) in [6.07, 6.45) is -0.784. The molecule has 34 heavy (non-hydrogen) atoms. The van der Waals surface area contributed by atoms with Gasteiger partial charge < -0.3 is 30.1 Å². The van der Waals surface area contributed by atoms with Crippen molar-refractivity contribution < 1.29 is 33.4 Å². The molecule has 0 spiro atoms. The van der Waals surface area contributed by atoms with Crippen LogP contribution in [0.15, 0.2) is 29.4 Å². The van der Waals surface area contributed by atoms with Gasteiger partial charge in [-0.25, -0.2) is 14.4 Å². The molecule has 1 aromatic carbocycles. The minimum absolute atomic E-state index is 0.0162. The van der Waals surface area contributed by atoms with Crippen molar-refractivity contribution in [3.8, 4) is 5.75 Å². The Balaban J connectivity index is 1.65. The predicted molar refractivity (Wildman–Crippen MR) is 117 cm³/mol. The average molecular weight is 474 g/mol. The average Bonchev–Trinajstić information content (AvgIpc) is 2.82. The summed E-state index contributed by atoms with van der Waals surface area (Å²) in [7, 11) is 1.35. The van der Waals surface area contributed by atoms with Crippen LogP contribution in [0.1, 0.15) is 34.0 Å². The summed E-state index contributed by atoms with van der Waals surface area (Å²) in [4.78, 5) is 33.2. The summed E-state index contributed by atoms with van der Waals surface area (Å²) in [5.41, 5.74) is 0.634. The number of amidine groups is 1. The maximum absolute atomic E-state index is 13.6. The fraction of sp³-hybridized carbons (Fsp3) is 0.364. The van der Waals surface area contributed by atoms with Crippen LogP contribution in [0.2, 0.25) is 0 Å². The molecule has 1 saturated heterocycles. The lowest BCUT2D eigenvalue weighted by Crippen LogP contribution is -2.40. The maximum Gasteiger partial charge on any atom is 0.270 e. The van der Waals surface area contributed by atoms with E-state index in [-0.39, 0.29) is 61.1 Å².